The molecule has 4 saturated heterocycles. The van der Waals surface area contributed by atoms with E-state index in [4.69, 9.17) is 14.2 Å². The first-order valence-corrected chi connectivity index (χ1v) is 14.1. The molecule has 7 unspecified atom stereocenters. The Bertz CT molecular complexity index is 935. The molecule has 198 valence electrons. The van der Waals surface area contributed by atoms with Crippen molar-refractivity contribution in [3.63, 3.8) is 0 Å². The minimum absolute atomic E-state index is 0.0557. The van der Waals surface area contributed by atoms with Crippen molar-refractivity contribution in [2.24, 2.45) is 16.7 Å². The Balaban J connectivity index is 1.46. The number of ketones is 1. The Morgan fingerprint density at radius 3 is 2.31 bits per heavy atom. The summed E-state index contributed by atoms with van der Waals surface area (Å²) in [5, 5.41) is 11.2. The van der Waals surface area contributed by atoms with Crippen LogP contribution in [0.25, 0.3) is 0 Å². The zero-order chi connectivity index (χ0) is 25.7. The van der Waals surface area contributed by atoms with Crippen molar-refractivity contribution >= 4 is 5.78 Å². The van der Waals surface area contributed by atoms with Gasteiger partial charge in [-0.2, -0.15) is 0 Å². The second-order valence-corrected chi connectivity index (χ2v) is 14.0. The molecule has 5 heteroatoms. The molecular formula is C30H48O5. The molecule has 1 N–H and O–H groups in total. The minimum Gasteiger partial charge on any atom is -0.364 e. The van der Waals surface area contributed by atoms with E-state index in [1.165, 1.54) is 11.1 Å². The zero-order valence-electron chi connectivity index (χ0n) is 23.4. The molecule has 0 aromatic carbocycles. The first-order valence-electron chi connectivity index (χ1n) is 14.1. The summed E-state index contributed by atoms with van der Waals surface area (Å²) in [6, 6.07) is 0. The van der Waals surface area contributed by atoms with Gasteiger partial charge in [0.05, 0.1) is 12.2 Å². The van der Waals surface area contributed by atoms with E-state index in [9.17, 15) is 9.90 Å². The van der Waals surface area contributed by atoms with Gasteiger partial charge >= 0.3 is 0 Å². The van der Waals surface area contributed by atoms with Gasteiger partial charge in [-0.25, -0.2) is 0 Å². The molecule has 1 saturated carbocycles. The van der Waals surface area contributed by atoms with Gasteiger partial charge < -0.3 is 19.3 Å². The Kier molecular flexibility index (Phi) is 5.83. The highest BCUT2D eigenvalue weighted by molar-refractivity contribution is 5.86. The van der Waals surface area contributed by atoms with E-state index >= 15 is 0 Å². The lowest BCUT2D eigenvalue weighted by atomic mass is 9.51. The fourth-order valence-electron chi connectivity index (χ4n) is 8.64. The number of fused-ring (bicyclic) bond motifs is 3. The molecule has 7 atom stereocenters. The van der Waals surface area contributed by atoms with Crippen LogP contribution in [0.15, 0.2) is 11.1 Å². The van der Waals surface area contributed by atoms with Crippen LogP contribution in [0.4, 0.5) is 0 Å². The quantitative estimate of drug-likeness (QED) is 0.475. The highest BCUT2D eigenvalue weighted by atomic mass is 16.7. The number of allylic oxidation sites excluding steroid dienone is 1. The fourth-order valence-corrected chi connectivity index (χ4v) is 8.64. The summed E-state index contributed by atoms with van der Waals surface area (Å²) in [6.45, 7) is 17.3. The Hall–Kier alpha value is -0.750. The molecule has 35 heavy (non-hydrogen) atoms. The molecule has 2 bridgehead atoms. The fraction of sp³-hybridized carbons (Fsp3) is 0.900. The number of ether oxygens (including phenoxy) is 3. The summed E-state index contributed by atoms with van der Waals surface area (Å²) in [7, 11) is 0. The van der Waals surface area contributed by atoms with E-state index < -0.39 is 17.0 Å². The number of carbonyl (C=O) groups excluding carboxylic acids is 1. The van der Waals surface area contributed by atoms with Crippen LogP contribution >= 0.6 is 0 Å². The number of hydrogen-bond acceptors (Lipinski definition) is 5. The van der Waals surface area contributed by atoms with Crippen LogP contribution in [0, 0.1) is 16.7 Å². The lowest BCUT2D eigenvalue weighted by Gasteiger charge is -2.70. The van der Waals surface area contributed by atoms with Crippen molar-refractivity contribution < 1.29 is 24.1 Å². The van der Waals surface area contributed by atoms with E-state index in [2.05, 4.69) is 27.7 Å². The number of hydrogen-bond donors (Lipinski definition) is 1. The summed E-state index contributed by atoms with van der Waals surface area (Å²) in [4.78, 5) is 12.8. The molecule has 4 aliphatic heterocycles. The van der Waals surface area contributed by atoms with Gasteiger partial charge in [0, 0.05) is 23.7 Å². The van der Waals surface area contributed by atoms with Gasteiger partial charge in [-0.3, -0.25) is 4.79 Å². The molecule has 0 aromatic rings. The Morgan fingerprint density at radius 1 is 0.914 bits per heavy atom. The van der Waals surface area contributed by atoms with Crippen molar-refractivity contribution in [2.75, 3.05) is 0 Å². The standard InChI is InChI=1S/C30H48O5/c1-19-9-11-23-27(7,15-14-22(31)25(3,4)33-23)21(19)13-16-28(8)20(2)10-12-24-29(28)17-18-30(32,34-24)26(5,6)35-29/h20,23-24,32H,9-18H2,1-8H3. The molecule has 0 amide bonds. The van der Waals surface area contributed by atoms with Gasteiger partial charge in [-0.1, -0.05) is 31.9 Å². The second kappa shape index (κ2) is 7.88. The average Bonchev–Trinajstić information content (AvgIpc) is 2.85. The summed E-state index contributed by atoms with van der Waals surface area (Å²) in [5.74, 6) is -0.466. The van der Waals surface area contributed by atoms with Crippen molar-refractivity contribution in [2.45, 2.75) is 154 Å². The van der Waals surface area contributed by atoms with Crippen molar-refractivity contribution in [1.82, 2.24) is 0 Å². The van der Waals surface area contributed by atoms with Crippen molar-refractivity contribution in [3.8, 4) is 0 Å². The first-order chi connectivity index (χ1) is 16.1. The number of aliphatic hydroxyl groups is 1. The van der Waals surface area contributed by atoms with Crippen molar-refractivity contribution in [3.05, 3.63) is 11.1 Å². The Labute approximate surface area is 212 Å². The SMILES string of the molecule is CC1=C(CCC2(C)C(C)CCC3OC4(O)CCC32OC4(C)C)C2(C)CCC(=O)C(C)(C)OC2CC1. The first kappa shape index (κ1) is 25.9. The molecule has 6 aliphatic rings. The predicted molar refractivity (Wildman–Crippen MR) is 136 cm³/mol. The highest BCUT2D eigenvalue weighted by Gasteiger charge is 2.71. The molecular weight excluding hydrogens is 440 g/mol. The van der Waals surface area contributed by atoms with E-state index in [1.807, 2.05) is 27.7 Å². The number of Topliss-reactive ketones (excluding diaryl/α,β-unsaturated/α-hetero) is 1. The third-order valence-electron chi connectivity index (χ3n) is 11.6. The minimum atomic E-state index is -1.19. The van der Waals surface area contributed by atoms with Crippen molar-refractivity contribution in [1.29, 1.82) is 0 Å². The maximum absolute atomic E-state index is 12.8. The van der Waals surface area contributed by atoms with Crippen LogP contribution in [-0.4, -0.2) is 45.7 Å². The van der Waals surface area contributed by atoms with Gasteiger partial charge in [0.1, 0.15) is 16.8 Å². The molecule has 5 nitrogen and oxygen atoms in total. The summed E-state index contributed by atoms with van der Waals surface area (Å²) < 4.78 is 20.0. The van der Waals surface area contributed by atoms with Gasteiger partial charge in [-0.05, 0) is 91.9 Å². The van der Waals surface area contributed by atoms with Gasteiger partial charge in [-0.15, -0.1) is 0 Å². The van der Waals surface area contributed by atoms with Crippen LogP contribution in [0.5, 0.6) is 0 Å². The van der Waals surface area contributed by atoms with E-state index in [-0.39, 0.29) is 34.4 Å². The Morgan fingerprint density at radius 2 is 1.63 bits per heavy atom. The summed E-state index contributed by atoms with van der Waals surface area (Å²) in [5.41, 5.74) is 1.03. The zero-order valence-corrected chi connectivity index (χ0v) is 23.4. The number of carbonyl (C=O) groups is 1. The molecule has 1 spiro atoms. The highest BCUT2D eigenvalue weighted by Crippen LogP contribution is 2.65. The molecule has 4 heterocycles. The molecule has 6 rings (SSSR count). The predicted octanol–water partition coefficient (Wildman–Crippen LogP) is 6.26. The van der Waals surface area contributed by atoms with Crippen LogP contribution in [-0.2, 0) is 19.0 Å². The second-order valence-electron chi connectivity index (χ2n) is 14.0. The largest absolute Gasteiger partial charge is 0.364 e. The van der Waals surface area contributed by atoms with Crippen LogP contribution in [0.1, 0.15) is 120 Å². The lowest BCUT2D eigenvalue weighted by molar-refractivity contribution is -0.468. The normalized spacial score (nSPS) is 48.8. The van der Waals surface area contributed by atoms with Crippen LogP contribution < -0.4 is 0 Å². The third kappa shape index (κ3) is 3.51. The van der Waals surface area contributed by atoms with Gasteiger partial charge in [0.2, 0.25) is 0 Å². The van der Waals surface area contributed by atoms with Gasteiger partial charge in [0.25, 0.3) is 0 Å². The maximum Gasteiger partial charge on any atom is 0.195 e. The summed E-state index contributed by atoms with van der Waals surface area (Å²) >= 11 is 0. The average molecular weight is 489 g/mol. The molecule has 0 aromatic heterocycles. The monoisotopic (exact) mass is 488 g/mol. The topological polar surface area (TPSA) is 65.0 Å². The molecule has 2 aliphatic carbocycles. The smallest absolute Gasteiger partial charge is 0.195 e. The summed E-state index contributed by atoms with van der Waals surface area (Å²) in [6.07, 6.45) is 9.05. The lowest BCUT2D eigenvalue weighted by Crippen LogP contribution is -2.78. The van der Waals surface area contributed by atoms with E-state index in [0.717, 1.165) is 51.4 Å². The molecule has 5 fully saturated rings. The number of rotatable bonds is 3. The third-order valence-corrected chi connectivity index (χ3v) is 11.6. The van der Waals surface area contributed by atoms with Crippen LogP contribution in [0.2, 0.25) is 0 Å². The molecule has 0 radical (unpaired) electrons. The van der Waals surface area contributed by atoms with Crippen LogP contribution in [0.3, 0.4) is 0 Å². The van der Waals surface area contributed by atoms with Gasteiger partial charge in [0.15, 0.2) is 11.6 Å². The maximum atomic E-state index is 12.8. The van der Waals surface area contributed by atoms with E-state index in [1.54, 1.807) is 0 Å². The van der Waals surface area contributed by atoms with E-state index in [0.29, 0.717) is 18.8 Å².